The highest BCUT2D eigenvalue weighted by atomic mass is 35.5. The molecule has 0 N–H and O–H groups in total. The molecule has 2 atom stereocenters. The van der Waals surface area contributed by atoms with Crippen LogP contribution in [0.5, 0.6) is 0 Å². The second-order valence-corrected chi connectivity index (χ2v) is 4.69. The Bertz CT molecular complexity index is 608. The quantitative estimate of drug-likeness (QED) is 0.757. The van der Waals surface area contributed by atoms with Crippen LogP contribution in [0.25, 0.3) is 10.9 Å². The van der Waals surface area contributed by atoms with Crippen molar-refractivity contribution in [2.45, 2.75) is 12.3 Å². The molecule has 2 aromatic rings. The first-order valence-electron chi connectivity index (χ1n) is 5.22. The topological polar surface area (TPSA) is 41.6 Å². The first kappa shape index (κ1) is 9.68. The largest absolute Gasteiger partial charge is 0.275 e. The molecule has 80 valence electrons. The van der Waals surface area contributed by atoms with Gasteiger partial charge in [0.15, 0.2) is 0 Å². The Morgan fingerprint density at radius 2 is 2.38 bits per heavy atom. The summed E-state index contributed by atoms with van der Waals surface area (Å²) in [7, 11) is 1.88. The minimum atomic E-state index is 0.171. The van der Waals surface area contributed by atoms with Crippen LogP contribution in [-0.2, 0) is 7.05 Å². The second kappa shape index (κ2) is 3.23. The van der Waals surface area contributed by atoms with Crippen molar-refractivity contribution in [1.82, 2.24) is 9.78 Å². The Balaban J connectivity index is 2.20. The van der Waals surface area contributed by atoms with Crippen molar-refractivity contribution in [2.24, 2.45) is 13.0 Å². The van der Waals surface area contributed by atoms with E-state index in [4.69, 9.17) is 16.9 Å². The van der Waals surface area contributed by atoms with Gasteiger partial charge in [0.2, 0.25) is 0 Å². The van der Waals surface area contributed by atoms with Gasteiger partial charge in [0.25, 0.3) is 0 Å². The molecule has 1 fully saturated rings. The molecule has 3 nitrogen and oxygen atoms in total. The Kier molecular flexibility index (Phi) is 1.95. The lowest BCUT2D eigenvalue weighted by molar-refractivity contribution is 0.779. The molecule has 0 aliphatic heterocycles. The van der Waals surface area contributed by atoms with E-state index in [0.29, 0.717) is 10.9 Å². The van der Waals surface area contributed by atoms with Crippen molar-refractivity contribution in [1.29, 1.82) is 5.26 Å². The van der Waals surface area contributed by atoms with Crippen molar-refractivity contribution in [3.05, 3.63) is 28.9 Å². The van der Waals surface area contributed by atoms with Crippen LogP contribution in [0.2, 0.25) is 5.02 Å². The summed E-state index contributed by atoms with van der Waals surface area (Å²) in [5.74, 6) is 0.540. The molecule has 3 rings (SSSR count). The molecule has 16 heavy (non-hydrogen) atoms. The minimum absolute atomic E-state index is 0.171. The van der Waals surface area contributed by atoms with Crippen molar-refractivity contribution in [3.63, 3.8) is 0 Å². The van der Waals surface area contributed by atoms with E-state index in [1.54, 1.807) is 4.68 Å². The van der Waals surface area contributed by atoms with Crippen LogP contribution in [-0.4, -0.2) is 9.78 Å². The zero-order valence-electron chi connectivity index (χ0n) is 8.81. The van der Waals surface area contributed by atoms with Crippen molar-refractivity contribution in [3.8, 4) is 6.07 Å². The van der Waals surface area contributed by atoms with E-state index in [0.717, 1.165) is 17.3 Å². The van der Waals surface area contributed by atoms with Crippen LogP contribution in [0, 0.1) is 17.2 Å². The maximum absolute atomic E-state index is 8.87. The van der Waals surface area contributed by atoms with Crippen LogP contribution in [0.4, 0.5) is 0 Å². The average Bonchev–Trinajstić information content (AvgIpc) is 2.93. The fourth-order valence-electron chi connectivity index (χ4n) is 2.21. The first-order valence-corrected chi connectivity index (χ1v) is 5.60. The highest BCUT2D eigenvalue weighted by Crippen LogP contribution is 2.49. The Morgan fingerprint density at radius 3 is 3.06 bits per heavy atom. The first-order chi connectivity index (χ1) is 7.70. The summed E-state index contributed by atoms with van der Waals surface area (Å²) in [4.78, 5) is 0. The molecule has 0 radical (unpaired) electrons. The van der Waals surface area contributed by atoms with Crippen molar-refractivity contribution >= 4 is 22.5 Å². The van der Waals surface area contributed by atoms with Gasteiger partial charge in [-0.25, -0.2) is 0 Å². The van der Waals surface area contributed by atoms with Gasteiger partial charge < -0.3 is 0 Å². The normalized spacial score (nSPS) is 23.3. The molecule has 1 heterocycles. The standard InChI is InChI=1S/C12H10ClN3/c1-16-6-10-8(9-4-7(9)5-14)2-3-11(13)12(10)15-16/h2-3,6-7,9H,4H2,1H3. The summed E-state index contributed by atoms with van der Waals surface area (Å²) in [6, 6.07) is 6.21. The Hall–Kier alpha value is -1.53. The highest BCUT2D eigenvalue weighted by molar-refractivity contribution is 6.35. The molecule has 1 aromatic carbocycles. The summed E-state index contributed by atoms with van der Waals surface area (Å²) >= 11 is 6.10. The fraction of sp³-hybridized carbons (Fsp3) is 0.333. The number of hydrogen-bond donors (Lipinski definition) is 0. The van der Waals surface area contributed by atoms with Gasteiger partial charge in [0.1, 0.15) is 5.52 Å². The van der Waals surface area contributed by atoms with E-state index < -0.39 is 0 Å². The van der Waals surface area contributed by atoms with Gasteiger partial charge in [-0.05, 0) is 18.1 Å². The third kappa shape index (κ3) is 1.30. The Morgan fingerprint density at radius 1 is 1.56 bits per heavy atom. The van der Waals surface area contributed by atoms with Crippen LogP contribution in [0.15, 0.2) is 18.3 Å². The number of benzene rings is 1. The van der Waals surface area contributed by atoms with E-state index in [2.05, 4.69) is 11.2 Å². The van der Waals surface area contributed by atoms with E-state index in [-0.39, 0.29) is 5.92 Å². The predicted octanol–water partition coefficient (Wildman–Crippen LogP) is 2.85. The van der Waals surface area contributed by atoms with Gasteiger partial charge >= 0.3 is 0 Å². The van der Waals surface area contributed by atoms with Gasteiger partial charge in [-0.2, -0.15) is 10.4 Å². The summed E-state index contributed by atoms with van der Waals surface area (Å²) in [6.07, 6.45) is 2.94. The van der Waals surface area contributed by atoms with E-state index in [9.17, 15) is 0 Å². The molecular formula is C12H10ClN3. The molecule has 4 heteroatoms. The third-order valence-corrected chi connectivity index (χ3v) is 3.44. The lowest BCUT2D eigenvalue weighted by Crippen LogP contribution is -1.85. The molecule has 1 saturated carbocycles. The number of nitrogens with zero attached hydrogens (tertiary/aromatic N) is 3. The molecule has 0 saturated heterocycles. The average molecular weight is 232 g/mol. The lowest BCUT2D eigenvalue weighted by Gasteiger charge is -2.00. The van der Waals surface area contributed by atoms with E-state index >= 15 is 0 Å². The van der Waals surface area contributed by atoms with Gasteiger partial charge in [-0.15, -0.1) is 0 Å². The lowest BCUT2D eigenvalue weighted by atomic mass is 10.1. The minimum Gasteiger partial charge on any atom is -0.275 e. The molecule has 1 aliphatic carbocycles. The maximum Gasteiger partial charge on any atom is 0.111 e. The van der Waals surface area contributed by atoms with Crippen molar-refractivity contribution in [2.75, 3.05) is 0 Å². The molecule has 0 bridgehead atoms. The van der Waals surface area contributed by atoms with Gasteiger partial charge in [0.05, 0.1) is 17.0 Å². The fourth-order valence-corrected chi connectivity index (χ4v) is 2.42. The van der Waals surface area contributed by atoms with Crippen LogP contribution in [0.3, 0.4) is 0 Å². The summed E-state index contributed by atoms with van der Waals surface area (Å²) in [5, 5.41) is 15.0. The zero-order chi connectivity index (χ0) is 11.3. The highest BCUT2D eigenvalue weighted by Gasteiger charge is 2.39. The van der Waals surface area contributed by atoms with Gasteiger partial charge in [-0.3, -0.25) is 4.68 Å². The smallest absolute Gasteiger partial charge is 0.111 e. The third-order valence-electron chi connectivity index (χ3n) is 3.13. The summed E-state index contributed by atoms with van der Waals surface area (Å²) < 4.78 is 1.77. The number of aryl methyl sites for hydroxylation is 1. The molecule has 0 amide bonds. The molecule has 0 spiro atoms. The Labute approximate surface area is 98.2 Å². The van der Waals surface area contributed by atoms with E-state index in [1.807, 2.05) is 25.4 Å². The number of aromatic nitrogens is 2. The molecular weight excluding hydrogens is 222 g/mol. The zero-order valence-corrected chi connectivity index (χ0v) is 9.57. The van der Waals surface area contributed by atoms with Crippen LogP contribution in [0.1, 0.15) is 17.9 Å². The molecule has 2 unspecified atom stereocenters. The summed E-state index contributed by atoms with van der Waals surface area (Å²) in [6.45, 7) is 0. The van der Waals surface area contributed by atoms with Crippen molar-refractivity contribution < 1.29 is 0 Å². The number of rotatable bonds is 1. The number of nitriles is 1. The predicted molar refractivity (Wildman–Crippen MR) is 62.2 cm³/mol. The van der Waals surface area contributed by atoms with Gasteiger partial charge in [-0.1, -0.05) is 17.7 Å². The maximum atomic E-state index is 8.87. The van der Waals surface area contributed by atoms with Crippen LogP contribution >= 0.6 is 11.6 Å². The SMILES string of the molecule is Cn1cc2c(C3CC3C#N)ccc(Cl)c2n1. The van der Waals surface area contributed by atoms with Gasteiger partial charge in [0, 0.05) is 24.5 Å². The molecule has 1 aliphatic rings. The number of hydrogen-bond acceptors (Lipinski definition) is 2. The number of fused-ring (bicyclic) bond motifs is 1. The summed E-state index contributed by atoms with van der Waals surface area (Å²) in [5.41, 5.74) is 2.05. The van der Waals surface area contributed by atoms with E-state index in [1.165, 1.54) is 5.56 Å². The number of halogens is 1. The monoisotopic (exact) mass is 231 g/mol. The van der Waals surface area contributed by atoms with Crippen LogP contribution < -0.4 is 0 Å². The molecule has 1 aromatic heterocycles. The second-order valence-electron chi connectivity index (χ2n) is 4.28.